The minimum atomic E-state index is -3.58. The molecule has 1 N–H and O–H groups in total. The Morgan fingerprint density at radius 1 is 1.15 bits per heavy atom. The van der Waals surface area contributed by atoms with Gasteiger partial charge < -0.3 is 4.90 Å². The van der Waals surface area contributed by atoms with Crippen molar-refractivity contribution in [3.8, 4) is 0 Å². The third kappa shape index (κ3) is 4.46. The number of likely N-dealkylation sites (tertiary alicyclic amines) is 1. The smallest absolute Gasteiger partial charge is 0.240 e. The molecule has 2 atom stereocenters. The zero-order chi connectivity index (χ0) is 18.7. The summed E-state index contributed by atoms with van der Waals surface area (Å²) < 4.78 is 27.6. The maximum Gasteiger partial charge on any atom is 0.240 e. The standard InChI is InChI=1S/C20H30N2O3S/c1-15-7-8-16(2)19(13-15)26(24,25)21-11-9-20(23)22-12-10-17-5-3-4-6-18(17)14-22/h7-8,13,17-18,21H,3-6,9-12,14H2,1-2H3/t17-,18+/m1/s1. The highest BCUT2D eigenvalue weighted by atomic mass is 32.2. The molecule has 1 aliphatic heterocycles. The minimum Gasteiger partial charge on any atom is -0.342 e. The topological polar surface area (TPSA) is 66.5 Å². The van der Waals surface area contributed by atoms with E-state index in [2.05, 4.69) is 4.72 Å². The summed E-state index contributed by atoms with van der Waals surface area (Å²) in [5.41, 5.74) is 1.62. The maximum atomic E-state index is 12.5. The largest absolute Gasteiger partial charge is 0.342 e. The van der Waals surface area contributed by atoms with Crippen LogP contribution in [-0.2, 0) is 14.8 Å². The fourth-order valence-corrected chi connectivity index (χ4v) is 5.71. The highest BCUT2D eigenvalue weighted by Gasteiger charge is 2.32. The molecule has 1 saturated carbocycles. The minimum absolute atomic E-state index is 0.0673. The monoisotopic (exact) mass is 378 g/mol. The van der Waals surface area contributed by atoms with E-state index in [1.54, 1.807) is 13.0 Å². The zero-order valence-corrected chi connectivity index (χ0v) is 16.6. The molecule has 1 aromatic rings. The molecular weight excluding hydrogens is 348 g/mol. The number of aryl methyl sites for hydroxylation is 2. The van der Waals surface area contributed by atoms with E-state index in [1.807, 2.05) is 24.0 Å². The van der Waals surface area contributed by atoms with E-state index < -0.39 is 10.0 Å². The van der Waals surface area contributed by atoms with E-state index in [9.17, 15) is 13.2 Å². The van der Waals surface area contributed by atoms with Gasteiger partial charge in [0.15, 0.2) is 0 Å². The summed E-state index contributed by atoms with van der Waals surface area (Å²) >= 11 is 0. The number of carbonyl (C=O) groups excluding carboxylic acids is 1. The van der Waals surface area contributed by atoms with Crippen molar-refractivity contribution in [1.29, 1.82) is 0 Å². The van der Waals surface area contributed by atoms with Crippen LogP contribution in [-0.4, -0.2) is 38.9 Å². The van der Waals surface area contributed by atoms with Gasteiger partial charge in [0.25, 0.3) is 0 Å². The van der Waals surface area contributed by atoms with Gasteiger partial charge in [-0.2, -0.15) is 0 Å². The lowest BCUT2D eigenvalue weighted by Gasteiger charge is -2.41. The first kappa shape index (κ1) is 19.4. The van der Waals surface area contributed by atoms with Crippen LogP contribution in [0.2, 0.25) is 0 Å². The van der Waals surface area contributed by atoms with Crippen LogP contribution in [0, 0.1) is 25.7 Å². The van der Waals surface area contributed by atoms with Crippen LogP contribution in [0.1, 0.15) is 49.7 Å². The van der Waals surface area contributed by atoms with Crippen LogP contribution in [0.25, 0.3) is 0 Å². The number of benzene rings is 1. The lowest BCUT2D eigenvalue weighted by molar-refractivity contribution is -0.134. The van der Waals surface area contributed by atoms with Crippen molar-refractivity contribution in [3.63, 3.8) is 0 Å². The molecule has 5 nitrogen and oxygen atoms in total. The molecule has 0 unspecified atom stereocenters. The summed E-state index contributed by atoms with van der Waals surface area (Å²) in [6, 6.07) is 5.38. The molecule has 0 spiro atoms. The Hall–Kier alpha value is -1.40. The van der Waals surface area contributed by atoms with Crippen LogP contribution < -0.4 is 4.72 Å². The Balaban J connectivity index is 1.52. The number of piperidine rings is 1. The molecule has 0 bridgehead atoms. The summed E-state index contributed by atoms with van der Waals surface area (Å²) in [7, 11) is -3.58. The average molecular weight is 379 g/mol. The Kier molecular flexibility index (Phi) is 6.03. The molecule has 2 aliphatic rings. The molecule has 2 fully saturated rings. The first-order valence-corrected chi connectivity index (χ1v) is 11.2. The summed E-state index contributed by atoms with van der Waals surface area (Å²) in [5.74, 6) is 1.50. The van der Waals surface area contributed by atoms with E-state index >= 15 is 0 Å². The molecule has 144 valence electrons. The second-order valence-electron chi connectivity index (χ2n) is 7.85. The van der Waals surface area contributed by atoms with Gasteiger partial charge in [-0.25, -0.2) is 13.1 Å². The number of hydrogen-bond acceptors (Lipinski definition) is 3. The Bertz CT molecular complexity index is 760. The van der Waals surface area contributed by atoms with E-state index in [1.165, 1.54) is 25.7 Å². The third-order valence-corrected chi connectivity index (χ3v) is 7.51. The highest BCUT2D eigenvalue weighted by molar-refractivity contribution is 7.89. The zero-order valence-electron chi connectivity index (χ0n) is 15.8. The number of carbonyl (C=O) groups is 1. The lowest BCUT2D eigenvalue weighted by atomic mass is 9.75. The number of fused-ring (bicyclic) bond motifs is 1. The Morgan fingerprint density at radius 3 is 2.65 bits per heavy atom. The third-order valence-electron chi connectivity index (χ3n) is 5.91. The van der Waals surface area contributed by atoms with Gasteiger partial charge in [0, 0.05) is 26.1 Å². The van der Waals surface area contributed by atoms with Gasteiger partial charge in [0.1, 0.15) is 0 Å². The molecule has 1 heterocycles. The van der Waals surface area contributed by atoms with Gasteiger partial charge in [-0.1, -0.05) is 31.4 Å². The van der Waals surface area contributed by atoms with Gasteiger partial charge >= 0.3 is 0 Å². The number of rotatable bonds is 5. The van der Waals surface area contributed by atoms with Crippen LogP contribution in [0.5, 0.6) is 0 Å². The maximum absolute atomic E-state index is 12.5. The molecule has 26 heavy (non-hydrogen) atoms. The van der Waals surface area contributed by atoms with E-state index in [0.29, 0.717) is 16.4 Å². The van der Waals surface area contributed by atoms with Crippen molar-refractivity contribution in [2.45, 2.75) is 57.3 Å². The number of nitrogens with zero attached hydrogens (tertiary/aromatic N) is 1. The van der Waals surface area contributed by atoms with Crippen LogP contribution >= 0.6 is 0 Å². The number of amides is 1. The molecular formula is C20H30N2O3S. The Morgan fingerprint density at radius 2 is 1.88 bits per heavy atom. The predicted molar refractivity (Wildman–Crippen MR) is 102 cm³/mol. The molecule has 6 heteroatoms. The number of sulfonamides is 1. The fraction of sp³-hybridized carbons (Fsp3) is 0.650. The van der Waals surface area contributed by atoms with Gasteiger partial charge in [-0.05, 0) is 55.7 Å². The van der Waals surface area contributed by atoms with Gasteiger partial charge in [-0.15, -0.1) is 0 Å². The van der Waals surface area contributed by atoms with E-state index in [4.69, 9.17) is 0 Å². The first-order chi connectivity index (χ1) is 12.4. The average Bonchev–Trinajstić information content (AvgIpc) is 2.63. The van der Waals surface area contributed by atoms with Gasteiger partial charge in [0.05, 0.1) is 4.90 Å². The van der Waals surface area contributed by atoms with Crippen LogP contribution in [0.15, 0.2) is 23.1 Å². The summed E-state index contributed by atoms with van der Waals surface area (Å²) in [4.78, 5) is 14.7. The summed E-state index contributed by atoms with van der Waals surface area (Å²) in [6.45, 7) is 5.49. The number of hydrogen-bond donors (Lipinski definition) is 1. The van der Waals surface area contributed by atoms with Gasteiger partial charge in [0.2, 0.25) is 15.9 Å². The fourth-order valence-electron chi connectivity index (χ4n) is 4.35. The summed E-state index contributed by atoms with van der Waals surface area (Å²) in [5, 5.41) is 0. The van der Waals surface area contributed by atoms with E-state index in [-0.39, 0.29) is 18.9 Å². The molecule has 1 aliphatic carbocycles. The second-order valence-corrected chi connectivity index (χ2v) is 9.59. The quantitative estimate of drug-likeness (QED) is 0.856. The van der Waals surface area contributed by atoms with Crippen LogP contribution in [0.4, 0.5) is 0 Å². The normalized spacial score (nSPS) is 23.5. The molecule has 1 saturated heterocycles. The van der Waals surface area contributed by atoms with Gasteiger partial charge in [-0.3, -0.25) is 4.79 Å². The molecule has 0 radical (unpaired) electrons. The van der Waals surface area contributed by atoms with Crippen molar-refractivity contribution in [2.75, 3.05) is 19.6 Å². The molecule has 1 aromatic carbocycles. The van der Waals surface area contributed by atoms with Crippen LogP contribution in [0.3, 0.4) is 0 Å². The lowest BCUT2D eigenvalue weighted by Crippen LogP contribution is -2.45. The van der Waals surface area contributed by atoms with Crippen molar-refractivity contribution in [1.82, 2.24) is 9.62 Å². The van der Waals surface area contributed by atoms with Crippen molar-refractivity contribution in [3.05, 3.63) is 29.3 Å². The Labute approximate surface area is 157 Å². The summed E-state index contributed by atoms with van der Waals surface area (Å²) in [6.07, 6.45) is 6.47. The molecule has 3 rings (SSSR count). The molecule has 0 aromatic heterocycles. The van der Waals surface area contributed by atoms with E-state index in [0.717, 1.165) is 31.0 Å². The second kappa shape index (κ2) is 8.09. The predicted octanol–water partition coefficient (Wildman–Crippen LogP) is 3.01. The van der Waals surface area contributed by atoms with Crippen molar-refractivity contribution >= 4 is 15.9 Å². The highest BCUT2D eigenvalue weighted by Crippen LogP contribution is 2.36. The SMILES string of the molecule is Cc1ccc(C)c(S(=O)(=O)NCCC(=O)N2CC[C@H]3CCCC[C@H]3C2)c1. The first-order valence-electron chi connectivity index (χ1n) is 9.71. The number of nitrogens with one attached hydrogen (secondary N) is 1. The van der Waals surface area contributed by atoms with Crippen molar-refractivity contribution in [2.24, 2.45) is 11.8 Å². The van der Waals surface area contributed by atoms with Crippen molar-refractivity contribution < 1.29 is 13.2 Å². The molecule has 1 amide bonds.